The number of rotatable bonds is 3. The first kappa shape index (κ1) is 14.9. The van der Waals surface area contributed by atoms with Crippen LogP contribution in [-0.2, 0) is 4.79 Å². The fourth-order valence-electron chi connectivity index (χ4n) is 3.28. The van der Waals surface area contributed by atoms with Crippen molar-refractivity contribution in [3.8, 4) is 5.88 Å². The van der Waals surface area contributed by atoms with Gasteiger partial charge in [0.05, 0.1) is 11.5 Å². The van der Waals surface area contributed by atoms with Gasteiger partial charge in [0.1, 0.15) is 5.82 Å². The Kier molecular flexibility index (Phi) is 3.80. The standard InChI is InChI=1S/C15H23N5O2/c1-10(2)22-12-8-11(18-14(16)19-12)20-7-5-15(9-20)4-3-6-17-13(15)21/h8,10H,3-7,9H2,1-2H3,(H,17,21)(H2,16,18,19)/t15-/m1/s1. The summed E-state index contributed by atoms with van der Waals surface area (Å²) < 4.78 is 5.62. The molecule has 2 aliphatic heterocycles. The van der Waals surface area contributed by atoms with Crippen LogP contribution in [0, 0.1) is 5.41 Å². The zero-order chi connectivity index (χ0) is 15.7. The zero-order valence-corrected chi connectivity index (χ0v) is 13.1. The van der Waals surface area contributed by atoms with Gasteiger partial charge in [-0.2, -0.15) is 9.97 Å². The highest BCUT2D eigenvalue weighted by Gasteiger charge is 2.46. The average molecular weight is 305 g/mol. The lowest BCUT2D eigenvalue weighted by Crippen LogP contribution is -2.47. The first-order chi connectivity index (χ1) is 10.5. The number of ether oxygens (including phenoxy) is 1. The molecule has 1 amide bonds. The molecule has 0 aromatic carbocycles. The number of nitrogens with one attached hydrogen (secondary N) is 1. The van der Waals surface area contributed by atoms with Crippen molar-refractivity contribution in [1.29, 1.82) is 0 Å². The number of amides is 1. The second kappa shape index (κ2) is 5.62. The monoisotopic (exact) mass is 305 g/mol. The molecule has 1 spiro atoms. The van der Waals surface area contributed by atoms with Crippen molar-refractivity contribution in [3.63, 3.8) is 0 Å². The molecule has 0 aliphatic carbocycles. The number of nitrogens with zero attached hydrogens (tertiary/aromatic N) is 3. The van der Waals surface area contributed by atoms with Crippen LogP contribution in [0.3, 0.4) is 0 Å². The summed E-state index contributed by atoms with van der Waals surface area (Å²) in [4.78, 5) is 22.8. The van der Waals surface area contributed by atoms with Gasteiger partial charge in [-0.25, -0.2) is 0 Å². The first-order valence-electron chi connectivity index (χ1n) is 7.83. The molecule has 1 aromatic heterocycles. The molecule has 22 heavy (non-hydrogen) atoms. The third-order valence-corrected chi connectivity index (χ3v) is 4.34. The Balaban J connectivity index is 1.80. The minimum Gasteiger partial charge on any atom is -0.475 e. The Bertz CT molecular complexity index is 577. The fourth-order valence-corrected chi connectivity index (χ4v) is 3.28. The molecule has 1 atom stereocenters. The summed E-state index contributed by atoms with van der Waals surface area (Å²) in [5.41, 5.74) is 5.51. The summed E-state index contributed by atoms with van der Waals surface area (Å²) >= 11 is 0. The highest BCUT2D eigenvalue weighted by molar-refractivity contribution is 5.84. The predicted molar refractivity (Wildman–Crippen MR) is 83.7 cm³/mol. The van der Waals surface area contributed by atoms with E-state index in [1.807, 2.05) is 13.8 Å². The van der Waals surface area contributed by atoms with Gasteiger partial charge in [0.25, 0.3) is 0 Å². The van der Waals surface area contributed by atoms with Crippen LogP contribution < -0.4 is 20.7 Å². The second-order valence-electron chi connectivity index (χ2n) is 6.40. The molecule has 0 saturated carbocycles. The third kappa shape index (κ3) is 2.80. The van der Waals surface area contributed by atoms with E-state index in [1.54, 1.807) is 6.07 Å². The third-order valence-electron chi connectivity index (χ3n) is 4.34. The fraction of sp³-hybridized carbons (Fsp3) is 0.667. The molecule has 3 heterocycles. The zero-order valence-electron chi connectivity index (χ0n) is 13.1. The van der Waals surface area contributed by atoms with Gasteiger partial charge in [-0.1, -0.05) is 0 Å². The number of nitrogens with two attached hydrogens (primary N) is 1. The molecule has 1 aromatic rings. The number of hydrogen-bond donors (Lipinski definition) is 2. The molecule has 2 aliphatic rings. The molecule has 0 bridgehead atoms. The number of nitrogen functional groups attached to an aromatic ring is 1. The molecule has 3 rings (SSSR count). The van der Waals surface area contributed by atoms with E-state index in [1.165, 1.54) is 0 Å². The van der Waals surface area contributed by atoms with Crippen molar-refractivity contribution in [3.05, 3.63) is 6.07 Å². The lowest BCUT2D eigenvalue weighted by molar-refractivity contribution is -0.132. The van der Waals surface area contributed by atoms with E-state index in [-0.39, 0.29) is 23.4 Å². The van der Waals surface area contributed by atoms with Crippen LogP contribution in [0.4, 0.5) is 11.8 Å². The maximum Gasteiger partial charge on any atom is 0.228 e. The predicted octanol–water partition coefficient (Wildman–Crippen LogP) is 0.952. The molecule has 2 fully saturated rings. The lowest BCUT2D eigenvalue weighted by atomic mass is 9.79. The van der Waals surface area contributed by atoms with Crippen molar-refractivity contribution >= 4 is 17.7 Å². The quantitative estimate of drug-likeness (QED) is 0.863. The molecule has 2 saturated heterocycles. The van der Waals surface area contributed by atoms with Crippen LogP contribution in [0.25, 0.3) is 0 Å². The van der Waals surface area contributed by atoms with E-state index in [0.29, 0.717) is 12.4 Å². The van der Waals surface area contributed by atoms with Gasteiger partial charge in [-0.05, 0) is 33.1 Å². The number of aromatic nitrogens is 2. The molecular formula is C15H23N5O2. The Morgan fingerprint density at radius 2 is 2.23 bits per heavy atom. The van der Waals surface area contributed by atoms with Gasteiger partial charge in [0, 0.05) is 25.7 Å². The smallest absolute Gasteiger partial charge is 0.228 e. The highest BCUT2D eigenvalue weighted by Crippen LogP contribution is 2.39. The van der Waals surface area contributed by atoms with Gasteiger partial charge in [-0.15, -0.1) is 0 Å². The van der Waals surface area contributed by atoms with Crippen LogP contribution in [-0.4, -0.2) is 41.6 Å². The minimum atomic E-state index is -0.281. The van der Waals surface area contributed by atoms with E-state index >= 15 is 0 Å². The van der Waals surface area contributed by atoms with Crippen LogP contribution >= 0.6 is 0 Å². The van der Waals surface area contributed by atoms with Crippen molar-refractivity contribution in [1.82, 2.24) is 15.3 Å². The Labute approximate surface area is 130 Å². The minimum absolute atomic E-state index is 0.0243. The van der Waals surface area contributed by atoms with Gasteiger partial charge >= 0.3 is 0 Å². The Morgan fingerprint density at radius 3 is 2.95 bits per heavy atom. The molecule has 0 unspecified atom stereocenters. The van der Waals surface area contributed by atoms with Gasteiger partial charge in [0.2, 0.25) is 17.7 Å². The van der Waals surface area contributed by atoms with E-state index in [2.05, 4.69) is 20.2 Å². The first-order valence-corrected chi connectivity index (χ1v) is 7.83. The maximum absolute atomic E-state index is 12.3. The summed E-state index contributed by atoms with van der Waals surface area (Å²) in [6.07, 6.45) is 2.85. The number of piperidine rings is 1. The van der Waals surface area contributed by atoms with Crippen molar-refractivity contribution in [2.45, 2.75) is 39.2 Å². The van der Waals surface area contributed by atoms with Gasteiger partial charge < -0.3 is 20.7 Å². The van der Waals surface area contributed by atoms with Crippen molar-refractivity contribution in [2.75, 3.05) is 30.3 Å². The second-order valence-corrected chi connectivity index (χ2v) is 6.40. The molecule has 120 valence electrons. The van der Waals surface area contributed by atoms with Crippen LogP contribution in [0.2, 0.25) is 0 Å². The molecule has 3 N–H and O–H groups in total. The number of carbonyl (C=O) groups is 1. The number of carbonyl (C=O) groups excluding carboxylic acids is 1. The molecular weight excluding hydrogens is 282 g/mol. The number of hydrogen-bond acceptors (Lipinski definition) is 6. The SMILES string of the molecule is CC(C)Oc1cc(N2CC[C@]3(CCCNC3=O)C2)nc(N)n1. The maximum atomic E-state index is 12.3. The summed E-state index contributed by atoms with van der Waals surface area (Å²) in [6, 6.07) is 1.80. The van der Waals surface area contributed by atoms with Crippen LogP contribution in [0.5, 0.6) is 5.88 Å². The van der Waals surface area contributed by atoms with E-state index < -0.39 is 0 Å². The van der Waals surface area contributed by atoms with Crippen LogP contribution in [0.15, 0.2) is 6.07 Å². The topological polar surface area (TPSA) is 93.4 Å². The molecule has 0 radical (unpaired) electrons. The summed E-state index contributed by atoms with van der Waals surface area (Å²) in [6.45, 7) is 6.14. The summed E-state index contributed by atoms with van der Waals surface area (Å²) in [5.74, 6) is 1.58. The molecule has 7 nitrogen and oxygen atoms in total. The normalized spacial score (nSPS) is 24.9. The van der Waals surface area contributed by atoms with E-state index in [0.717, 1.165) is 38.2 Å². The number of anilines is 2. The van der Waals surface area contributed by atoms with Crippen molar-refractivity contribution < 1.29 is 9.53 Å². The highest BCUT2D eigenvalue weighted by atomic mass is 16.5. The summed E-state index contributed by atoms with van der Waals surface area (Å²) in [5, 5.41) is 2.99. The lowest BCUT2D eigenvalue weighted by Gasteiger charge is -2.32. The average Bonchev–Trinajstić information content (AvgIpc) is 2.86. The Morgan fingerprint density at radius 1 is 1.41 bits per heavy atom. The Hall–Kier alpha value is -2.05. The van der Waals surface area contributed by atoms with Crippen LogP contribution in [0.1, 0.15) is 33.1 Å². The van der Waals surface area contributed by atoms with Crippen molar-refractivity contribution in [2.24, 2.45) is 5.41 Å². The largest absolute Gasteiger partial charge is 0.475 e. The van der Waals surface area contributed by atoms with E-state index in [9.17, 15) is 4.79 Å². The molecule has 7 heteroatoms. The van der Waals surface area contributed by atoms with E-state index in [4.69, 9.17) is 10.5 Å². The van der Waals surface area contributed by atoms with Gasteiger partial charge in [-0.3, -0.25) is 4.79 Å². The summed E-state index contributed by atoms with van der Waals surface area (Å²) in [7, 11) is 0. The van der Waals surface area contributed by atoms with Gasteiger partial charge in [0.15, 0.2) is 0 Å².